The van der Waals surface area contributed by atoms with Crippen LogP contribution in [0.25, 0.3) is 0 Å². The molecule has 1 aromatic carbocycles. The molecule has 2 nitrogen and oxygen atoms in total. The molecular weight excluding hydrogens is 281 g/mol. The minimum atomic E-state index is 0.203. The van der Waals surface area contributed by atoms with E-state index >= 15 is 0 Å². The van der Waals surface area contributed by atoms with E-state index in [-0.39, 0.29) is 6.04 Å². The van der Waals surface area contributed by atoms with E-state index in [2.05, 4.69) is 11.4 Å². The molecule has 2 aromatic rings. The third-order valence-electron chi connectivity index (χ3n) is 3.23. The van der Waals surface area contributed by atoms with Gasteiger partial charge in [-0.3, -0.25) is 0 Å². The summed E-state index contributed by atoms with van der Waals surface area (Å²) in [5.41, 5.74) is 2.33. The van der Waals surface area contributed by atoms with Gasteiger partial charge in [-0.25, -0.2) is 0 Å². The zero-order valence-electron chi connectivity index (χ0n) is 11.3. The first-order valence-electron chi connectivity index (χ1n) is 6.19. The SMILES string of the molecule is CNC(Cc1ccc(Cl)c(Cl)c1)c1cc(C)oc1C. The molecule has 2 rings (SSSR count). The first-order valence-corrected chi connectivity index (χ1v) is 6.95. The first-order chi connectivity index (χ1) is 9.01. The molecule has 0 aliphatic heterocycles. The first kappa shape index (κ1) is 14.4. The third kappa shape index (κ3) is 3.33. The Morgan fingerprint density at radius 1 is 1.16 bits per heavy atom. The Bertz CT molecular complexity index is 578. The maximum absolute atomic E-state index is 6.05. The Balaban J connectivity index is 2.23. The molecule has 0 saturated carbocycles. The zero-order chi connectivity index (χ0) is 14.0. The number of hydrogen-bond acceptors (Lipinski definition) is 2. The fraction of sp³-hybridized carbons (Fsp3) is 0.333. The van der Waals surface area contributed by atoms with Crippen molar-refractivity contribution < 1.29 is 4.42 Å². The van der Waals surface area contributed by atoms with Crippen molar-refractivity contribution in [1.82, 2.24) is 5.32 Å². The van der Waals surface area contributed by atoms with Crippen molar-refractivity contribution in [2.45, 2.75) is 26.3 Å². The van der Waals surface area contributed by atoms with Gasteiger partial charge in [0, 0.05) is 11.6 Å². The van der Waals surface area contributed by atoms with Gasteiger partial charge in [0.2, 0.25) is 0 Å². The molecule has 1 heterocycles. The van der Waals surface area contributed by atoms with Gasteiger partial charge in [-0.2, -0.15) is 0 Å². The van der Waals surface area contributed by atoms with Crippen LogP contribution in [-0.4, -0.2) is 7.05 Å². The van der Waals surface area contributed by atoms with E-state index in [1.807, 2.05) is 39.1 Å². The summed E-state index contributed by atoms with van der Waals surface area (Å²) < 4.78 is 5.59. The maximum atomic E-state index is 6.05. The molecule has 1 atom stereocenters. The lowest BCUT2D eigenvalue weighted by molar-refractivity contribution is 0.490. The molecule has 19 heavy (non-hydrogen) atoms. The highest BCUT2D eigenvalue weighted by Crippen LogP contribution is 2.27. The average molecular weight is 298 g/mol. The van der Waals surface area contributed by atoms with Crippen LogP contribution in [0.4, 0.5) is 0 Å². The van der Waals surface area contributed by atoms with Crippen molar-refractivity contribution in [3.8, 4) is 0 Å². The quantitative estimate of drug-likeness (QED) is 0.884. The standard InChI is InChI=1S/C15H17Cl2NO/c1-9-6-12(10(2)19-9)15(18-3)8-11-4-5-13(16)14(17)7-11/h4-7,15,18H,8H2,1-3H3. The molecule has 1 unspecified atom stereocenters. The smallest absolute Gasteiger partial charge is 0.105 e. The maximum Gasteiger partial charge on any atom is 0.105 e. The number of aryl methyl sites for hydroxylation is 2. The molecule has 0 saturated heterocycles. The van der Waals surface area contributed by atoms with E-state index < -0.39 is 0 Å². The molecule has 102 valence electrons. The lowest BCUT2D eigenvalue weighted by Gasteiger charge is -2.16. The van der Waals surface area contributed by atoms with Crippen LogP contribution in [0, 0.1) is 13.8 Å². The van der Waals surface area contributed by atoms with Crippen LogP contribution in [0.15, 0.2) is 28.7 Å². The average Bonchev–Trinajstić information content (AvgIpc) is 2.70. The van der Waals surface area contributed by atoms with Crippen molar-refractivity contribution in [2.24, 2.45) is 0 Å². The largest absolute Gasteiger partial charge is 0.466 e. The van der Waals surface area contributed by atoms with Crippen molar-refractivity contribution >= 4 is 23.2 Å². The van der Waals surface area contributed by atoms with Crippen LogP contribution in [-0.2, 0) is 6.42 Å². The fourth-order valence-corrected chi connectivity index (χ4v) is 2.59. The third-order valence-corrected chi connectivity index (χ3v) is 3.97. The highest BCUT2D eigenvalue weighted by Gasteiger charge is 2.16. The minimum absolute atomic E-state index is 0.203. The summed E-state index contributed by atoms with van der Waals surface area (Å²) in [5.74, 6) is 1.89. The minimum Gasteiger partial charge on any atom is -0.466 e. The van der Waals surface area contributed by atoms with Crippen LogP contribution in [0.3, 0.4) is 0 Å². The normalized spacial score (nSPS) is 12.7. The van der Waals surface area contributed by atoms with Crippen molar-refractivity contribution in [3.05, 3.63) is 57.0 Å². The van der Waals surface area contributed by atoms with Gasteiger partial charge in [0.05, 0.1) is 10.0 Å². The molecular formula is C15H17Cl2NO. The molecule has 0 aliphatic carbocycles. The molecule has 1 aromatic heterocycles. The van der Waals surface area contributed by atoms with Crippen LogP contribution in [0.2, 0.25) is 10.0 Å². The van der Waals surface area contributed by atoms with Crippen LogP contribution >= 0.6 is 23.2 Å². The summed E-state index contributed by atoms with van der Waals surface area (Å²) in [6, 6.07) is 8.03. The van der Waals surface area contributed by atoms with E-state index in [9.17, 15) is 0 Å². The Kier molecular flexibility index (Phi) is 4.56. The van der Waals surface area contributed by atoms with Crippen LogP contribution in [0.1, 0.15) is 28.7 Å². The number of hydrogen-bond donors (Lipinski definition) is 1. The van der Waals surface area contributed by atoms with Gasteiger partial charge >= 0.3 is 0 Å². The number of likely N-dealkylation sites (N-methyl/N-ethyl adjacent to an activating group) is 1. The molecule has 0 bridgehead atoms. The molecule has 0 aliphatic rings. The predicted octanol–water partition coefficient (Wildman–Crippen LogP) is 4.71. The van der Waals surface area contributed by atoms with E-state index in [4.69, 9.17) is 27.6 Å². The van der Waals surface area contributed by atoms with Gasteiger partial charge in [-0.1, -0.05) is 29.3 Å². The number of benzene rings is 1. The van der Waals surface area contributed by atoms with Crippen molar-refractivity contribution in [3.63, 3.8) is 0 Å². The molecule has 1 N–H and O–H groups in total. The second-order valence-corrected chi connectivity index (χ2v) is 5.48. The lowest BCUT2D eigenvalue weighted by Crippen LogP contribution is -2.19. The van der Waals surface area contributed by atoms with Gasteiger partial charge in [0.15, 0.2) is 0 Å². The van der Waals surface area contributed by atoms with Crippen LogP contribution in [0.5, 0.6) is 0 Å². The lowest BCUT2D eigenvalue weighted by atomic mass is 9.99. The van der Waals surface area contributed by atoms with Crippen molar-refractivity contribution in [2.75, 3.05) is 7.05 Å². The van der Waals surface area contributed by atoms with E-state index in [0.717, 1.165) is 23.5 Å². The number of rotatable bonds is 4. The topological polar surface area (TPSA) is 25.2 Å². The summed E-state index contributed by atoms with van der Waals surface area (Å²) in [6.45, 7) is 3.95. The van der Waals surface area contributed by atoms with Crippen LogP contribution < -0.4 is 5.32 Å². The Hall–Kier alpha value is -0.960. The van der Waals surface area contributed by atoms with Gasteiger partial charge in [-0.15, -0.1) is 0 Å². The molecule has 0 amide bonds. The van der Waals surface area contributed by atoms with Gasteiger partial charge in [0.25, 0.3) is 0 Å². The summed E-state index contributed by atoms with van der Waals surface area (Å²) in [5, 5.41) is 4.50. The summed E-state index contributed by atoms with van der Waals surface area (Å²) in [6.07, 6.45) is 0.840. The molecule has 0 radical (unpaired) electrons. The van der Waals surface area contributed by atoms with E-state index in [1.165, 1.54) is 5.56 Å². The summed E-state index contributed by atoms with van der Waals surface area (Å²) in [4.78, 5) is 0. The summed E-state index contributed by atoms with van der Waals surface area (Å²) in [7, 11) is 1.95. The van der Waals surface area contributed by atoms with Gasteiger partial charge < -0.3 is 9.73 Å². The highest BCUT2D eigenvalue weighted by molar-refractivity contribution is 6.42. The number of furan rings is 1. The number of nitrogens with one attached hydrogen (secondary N) is 1. The highest BCUT2D eigenvalue weighted by atomic mass is 35.5. The van der Waals surface area contributed by atoms with Gasteiger partial charge in [-0.05, 0) is 51.1 Å². The Morgan fingerprint density at radius 2 is 1.89 bits per heavy atom. The molecule has 4 heteroatoms. The van der Waals surface area contributed by atoms with Crippen molar-refractivity contribution in [1.29, 1.82) is 0 Å². The second kappa shape index (κ2) is 6.00. The molecule has 0 fully saturated rings. The van der Waals surface area contributed by atoms with Gasteiger partial charge in [0.1, 0.15) is 11.5 Å². The number of halogens is 2. The Morgan fingerprint density at radius 3 is 2.42 bits per heavy atom. The Labute approximate surface area is 123 Å². The zero-order valence-corrected chi connectivity index (χ0v) is 12.8. The predicted molar refractivity (Wildman–Crippen MR) is 80.1 cm³/mol. The summed E-state index contributed by atoms with van der Waals surface area (Å²) >= 11 is 12.0. The second-order valence-electron chi connectivity index (χ2n) is 4.66. The van der Waals surface area contributed by atoms with E-state index in [1.54, 1.807) is 0 Å². The van der Waals surface area contributed by atoms with E-state index in [0.29, 0.717) is 10.0 Å². The molecule has 0 spiro atoms. The fourth-order valence-electron chi connectivity index (χ4n) is 2.27. The monoisotopic (exact) mass is 297 g/mol.